The van der Waals surface area contributed by atoms with Crippen molar-refractivity contribution in [3.63, 3.8) is 0 Å². The highest BCUT2D eigenvalue weighted by molar-refractivity contribution is 5.78. The molecular formula is C22H36O2. The Morgan fingerprint density at radius 3 is 1.92 bits per heavy atom. The minimum Gasteiger partial charge on any atom is -0.465 e. The molecule has 1 aromatic carbocycles. The predicted octanol–water partition coefficient (Wildman–Crippen LogP) is 6.64. The lowest BCUT2D eigenvalue weighted by molar-refractivity contribution is -0.145. The zero-order valence-electron chi connectivity index (χ0n) is 15.8. The molecule has 0 bridgehead atoms. The SMILES string of the molecule is CCCCCCCCCCCCOC(=O)C(CC)c1ccccc1. The van der Waals surface area contributed by atoms with E-state index in [0.29, 0.717) is 6.61 Å². The van der Waals surface area contributed by atoms with Gasteiger partial charge in [0.1, 0.15) is 0 Å². The molecule has 1 aromatic rings. The molecule has 0 aliphatic rings. The van der Waals surface area contributed by atoms with Gasteiger partial charge in [-0.05, 0) is 18.4 Å². The summed E-state index contributed by atoms with van der Waals surface area (Å²) in [5.41, 5.74) is 1.06. The fourth-order valence-electron chi connectivity index (χ4n) is 3.09. The number of carbonyl (C=O) groups excluding carboxylic acids is 1. The molecule has 1 rings (SSSR count). The van der Waals surface area contributed by atoms with Crippen molar-refractivity contribution >= 4 is 5.97 Å². The van der Waals surface area contributed by atoms with Crippen LogP contribution >= 0.6 is 0 Å². The summed E-state index contributed by atoms with van der Waals surface area (Å²) < 4.78 is 5.48. The van der Waals surface area contributed by atoms with Crippen LogP contribution in [-0.4, -0.2) is 12.6 Å². The standard InChI is InChI=1S/C22H36O2/c1-3-5-6-7-8-9-10-11-12-16-19-24-22(23)21(4-2)20-17-14-13-15-18-20/h13-15,17-18,21H,3-12,16,19H2,1-2H3. The first kappa shape index (κ1) is 20.7. The smallest absolute Gasteiger partial charge is 0.313 e. The van der Waals surface area contributed by atoms with Gasteiger partial charge in [-0.25, -0.2) is 0 Å². The van der Waals surface area contributed by atoms with Gasteiger partial charge in [0.15, 0.2) is 0 Å². The highest BCUT2D eigenvalue weighted by atomic mass is 16.5. The van der Waals surface area contributed by atoms with Crippen molar-refractivity contribution in [3.8, 4) is 0 Å². The van der Waals surface area contributed by atoms with Crippen molar-refractivity contribution in [2.75, 3.05) is 6.61 Å². The first-order chi connectivity index (χ1) is 11.8. The molecule has 0 aromatic heterocycles. The number of hydrogen-bond acceptors (Lipinski definition) is 2. The Hall–Kier alpha value is -1.31. The summed E-state index contributed by atoms with van der Waals surface area (Å²) in [5.74, 6) is -0.186. The summed E-state index contributed by atoms with van der Waals surface area (Å²) in [7, 11) is 0. The molecule has 0 heterocycles. The minimum atomic E-state index is -0.116. The topological polar surface area (TPSA) is 26.3 Å². The molecule has 0 fully saturated rings. The van der Waals surface area contributed by atoms with Crippen LogP contribution in [0.15, 0.2) is 30.3 Å². The van der Waals surface area contributed by atoms with E-state index in [1.54, 1.807) is 0 Å². The zero-order chi connectivity index (χ0) is 17.5. The molecule has 0 saturated carbocycles. The third-order valence-corrected chi connectivity index (χ3v) is 4.64. The van der Waals surface area contributed by atoms with E-state index in [-0.39, 0.29) is 11.9 Å². The second kappa shape index (κ2) is 14.1. The van der Waals surface area contributed by atoms with Crippen LogP contribution in [0.3, 0.4) is 0 Å². The minimum absolute atomic E-state index is 0.0698. The largest absolute Gasteiger partial charge is 0.465 e. The lowest BCUT2D eigenvalue weighted by atomic mass is 9.97. The van der Waals surface area contributed by atoms with E-state index in [1.807, 2.05) is 37.3 Å². The molecule has 0 radical (unpaired) electrons. The normalized spacial score (nSPS) is 12.1. The summed E-state index contributed by atoms with van der Waals surface area (Å²) >= 11 is 0. The summed E-state index contributed by atoms with van der Waals surface area (Å²) in [6, 6.07) is 9.96. The van der Waals surface area contributed by atoms with Crippen molar-refractivity contribution in [1.82, 2.24) is 0 Å². The van der Waals surface area contributed by atoms with Gasteiger partial charge in [-0.1, -0.05) is 102 Å². The number of benzene rings is 1. The lowest BCUT2D eigenvalue weighted by Gasteiger charge is -2.14. The van der Waals surface area contributed by atoms with E-state index >= 15 is 0 Å². The third-order valence-electron chi connectivity index (χ3n) is 4.64. The van der Waals surface area contributed by atoms with E-state index in [1.165, 1.54) is 57.8 Å². The summed E-state index contributed by atoms with van der Waals surface area (Å²) in [6.45, 7) is 4.87. The van der Waals surface area contributed by atoms with Crippen LogP contribution in [0.1, 0.15) is 96.0 Å². The molecule has 1 atom stereocenters. The number of rotatable bonds is 14. The fourth-order valence-corrected chi connectivity index (χ4v) is 3.09. The van der Waals surface area contributed by atoms with Gasteiger partial charge in [-0.2, -0.15) is 0 Å². The van der Waals surface area contributed by atoms with Crippen molar-refractivity contribution in [3.05, 3.63) is 35.9 Å². The van der Waals surface area contributed by atoms with Crippen LogP contribution in [0.25, 0.3) is 0 Å². The van der Waals surface area contributed by atoms with E-state index in [9.17, 15) is 4.79 Å². The van der Waals surface area contributed by atoms with Crippen molar-refractivity contribution in [2.45, 2.75) is 90.4 Å². The number of hydrogen-bond donors (Lipinski definition) is 0. The number of carbonyl (C=O) groups is 1. The van der Waals surface area contributed by atoms with Crippen LogP contribution in [0.4, 0.5) is 0 Å². The van der Waals surface area contributed by atoms with E-state index < -0.39 is 0 Å². The molecule has 0 N–H and O–H groups in total. The quantitative estimate of drug-likeness (QED) is 0.282. The average Bonchev–Trinajstić information content (AvgIpc) is 2.61. The Kier molecular flexibility index (Phi) is 12.2. The summed E-state index contributed by atoms with van der Waals surface area (Å²) in [4.78, 5) is 12.2. The molecule has 2 nitrogen and oxygen atoms in total. The van der Waals surface area contributed by atoms with Gasteiger partial charge in [-0.3, -0.25) is 4.79 Å². The van der Waals surface area contributed by atoms with Crippen LogP contribution in [0.2, 0.25) is 0 Å². The second-order valence-corrected chi connectivity index (χ2v) is 6.72. The number of unbranched alkanes of at least 4 members (excludes halogenated alkanes) is 9. The molecule has 0 aliphatic heterocycles. The molecule has 2 heteroatoms. The van der Waals surface area contributed by atoms with Gasteiger partial charge in [0.05, 0.1) is 12.5 Å². The van der Waals surface area contributed by atoms with Crippen molar-refractivity contribution < 1.29 is 9.53 Å². The lowest BCUT2D eigenvalue weighted by Crippen LogP contribution is -2.16. The monoisotopic (exact) mass is 332 g/mol. The highest BCUT2D eigenvalue weighted by Gasteiger charge is 2.19. The van der Waals surface area contributed by atoms with Crippen LogP contribution < -0.4 is 0 Å². The Bertz CT molecular complexity index is 413. The van der Waals surface area contributed by atoms with Crippen molar-refractivity contribution in [1.29, 1.82) is 0 Å². The van der Waals surface area contributed by atoms with Gasteiger partial charge < -0.3 is 4.74 Å². The average molecular weight is 333 g/mol. The van der Waals surface area contributed by atoms with Gasteiger partial charge in [0, 0.05) is 0 Å². The zero-order valence-corrected chi connectivity index (χ0v) is 15.8. The molecule has 24 heavy (non-hydrogen) atoms. The second-order valence-electron chi connectivity index (χ2n) is 6.72. The first-order valence-electron chi connectivity index (χ1n) is 10.0. The van der Waals surface area contributed by atoms with E-state index in [4.69, 9.17) is 4.74 Å². The van der Waals surface area contributed by atoms with Gasteiger partial charge in [0.2, 0.25) is 0 Å². The molecule has 0 spiro atoms. The molecular weight excluding hydrogens is 296 g/mol. The number of esters is 1. The van der Waals surface area contributed by atoms with Gasteiger partial charge in [0.25, 0.3) is 0 Å². The van der Waals surface area contributed by atoms with Gasteiger partial charge >= 0.3 is 5.97 Å². The first-order valence-corrected chi connectivity index (χ1v) is 10.0. The maximum absolute atomic E-state index is 12.2. The Morgan fingerprint density at radius 1 is 0.833 bits per heavy atom. The van der Waals surface area contributed by atoms with Crippen LogP contribution in [0.5, 0.6) is 0 Å². The van der Waals surface area contributed by atoms with Gasteiger partial charge in [-0.15, -0.1) is 0 Å². The van der Waals surface area contributed by atoms with Crippen LogP contribution in [-0.2, 0) is 9.53 Å². The third kappa shape index (κ3) is 9.10. The predicted molar refractivity (Wildman–Crippen MR) is 102 cm³/mol. The summed E-state index contributed by atoms with van der Waals surface area (Å²) in [5, 5.41) is 0. The van der Waals surface area contributed by atoms with E-state index in [0.717, 1.165) is 18.4 Å². The molecule has 0 amide bonds. The van der Waals surface area contributed by atoms with Crippen LogP contribution in [0, 0.1) is 0 Å². The summed E-state index contributed by atoms with van der Waals surface area (Å²) in [6.07, 6.45) is 13.8. The fraction of sp³-hybridized carbons (Fsp3) is 0.682. The Balaban J connectivity index is 2.03. The molecule has 136 valence electrons. The maximum Gasteiger partial charge on any atom is 0.313 e. The maximum atomic E-state index is 12.2. The Morgan fingerprint density at radius 2 is 1.38 bits per heavy atom. The Labute approximate surface area is 149 Å². The highest BCUT2D eigenvalue weighted by Crippen LogP contribution is 2.21. The van der Waals surface area contributed by atoms with Crippen molar-refractivity contribution in [2.24, 2.45) is 0 Å². The molecule has 1 unspecified atom stereocenters. The molecule has 0 aliphatic carbocycles. The molecule has 0 saturated heterocycles. The van der Waals surface area contributed by atoms with E-state index in [2.05, 4.69) is 6.92 Å². The number of ether oxygens (including phenoxy) is 1.